The van der Waals surface area contributed by atoms with Gasteiger partial charge in [0.05, 0.1) is 11.4 Å². The van der Waals surface area contributed by atoms with Crippen molar-refractivity contribution in [1.82, 2.24) is 25.1 Å². The molecule has 0 spiro atoms. The van der Waals surface area contributed by atoms with Crippen molar-refractivity contribution in [1.29, 1.82) is 0 Å². The molecule has 26 heavy (non-hydrogen) atoms. The zero-order chi connectivity index (χ0) is 17.5. The van der Waals surface area contributed by atoms with E-state index in [0.29, 0.717) is 12.0 Å². The van der Waals surface area contributed by atoms with Crippen molar-refractivity contribution in [2.24, 2.45) is 0 Å². The molecule has 2 aliphatic carbocycles. The van der Waals surface area contributed by atoms with E-state index in [1.807, 2.05) is 12.3 Å². The molecule has 1 saturated carbocycles. The van der Waals surface area contributed by atoms with E-state index in [1.165, 1.54) is 36.9 Å². The van der Waals surface area contributed by atoms with E-state index in [1.54, 1.807) is 0 Å². The van der Waals surface area contributed by atoms with Gasteiger partial charge < -0.3 is 4.90 Å². The molecule has 0 bridgehead atoms. The number of likely N-dealkylation sites (N-methyl/N-ethyl adjacent to an activating group) is 1. The van der Waals surface area contributed by atoms with Crippen LogP contribution in [-0.2, 0) is 19.4 Å². The van der Waals surface area contributed by atoms with Gasteiger partial charge in [0.2, 0.25) is 0 Å². The number of nitrogens with zero attached hydrogens (tertiary/aromatic N) is 6. The van der Waals surface area contributed by atoms with Crippen molar-refractivity contribution in [3.05, 3.63) is 41.1 Å². The van der Waals surface area contributed by atoms with E-state index in [0.717, 1.165) is 49.8 Å². The van der Waals surface area contributed by atoms with Crippen LogP contribution in [0.1, 0.15) is 54.4 Å². The summed E-state index contributed by atoms with van der Waals surface area (Å²) in [5, 5.41) is 8.94. The lowest BCUT2D eigenvalue weighted by molar-refractivity contribution is 0.194. The van der Waals surface area contributed by atoms with E-state index in [9.17, 15) is 0 Å². The molecular weight excluding hydrogens is 324 g/mol. The van der Waals surface area contributed by atoms with Gasteiger partial charge in [-0.2, -0.15) is 5.10 Å². The molecule has 0 amide bonds. The van der Waals surface area contributed by atoms with Crippen LogP contribution >= 0.6 is 0 Å². The number of rotatable bonds is 5. The quantitative estimate of drug-likeness (QED) is 0.825. The van der Waals surface area contributed by atoms with E-state index >= 15 is 0 Å². The fourth-order valence-electron chi connectivity index (χ4n) is 3.98. The van der Waals surface area contributed by atoms with Crippen LogP contribution in [0.25, 0.3) is 0 Å². The van der Waals surface area contributed by atoms with Crippen LogP contribution in [0.5, 0.6) is 0 Å². The van der Waals surface area contributed by atoms with Crippen molar-refractivity contribution in [2.75, 3.05) is 25.0 Å². The Morgan fingerprint density at radius 2 is 2.00 bits per heavy atom. The fourth-order valence-corrected chi connectivity index (χ4v) is 3.98. The van der Waals surface area contributed by atoms with Crippen molar-refractivity contribution < 1.29 is 0 Å². The Bertz CT molecular complexity index is 797. The number of hydrogen-bond acceptors (Lipinski definition) is 6. The molecule has 0 unspecified atom stereocenters. The van der Waals surface area contributed by atoms with Crippen LogP contribution in [0.4, 0.5) is 5.82 Å². The van der Waals surface area contributed by atoms with Crippen molar-refractivity contribution in [2.45, 2.75) is 57.0 Å². The normalized spacial score (nSPS) is 20.2. The summed E-state index contributed by atoms with van der Waals surface area (Å²) in [7, 11) is 2.19. The number of anilines is 1. The number of fused-ring (bicyclic) bond motifs is 1. The Hall–Kier alpha value is -2.08. The van der Waals surface area contributed by atoms with E-state index in [-0.39, 0.29) is 0 Å². The molecule has 3 heterocycles. The topological polar surface area (TPSA) is 58.0 Å². The summed E-state index contributed by atoms with van der Waals surface area (Å²) in [6, 6.07) is 4.87. The van der Waals surface area contributed by atoms with Gasteiger partial charge in [-0.3, -0.25) is 4.90 Å². The van der Waals surface area contributed by atoms with Crippen LogP contribution in [0, 0.1) is 0 Å². The van der Waals surface area contributed by atoms with Gasteiger partial charge in [0.1, 0.15) is 5.82 Å². The maximum atomic E-state index is 4.75. The third kappa shape index (κ3) is 3.18. The first kappa shape index (κ1) is 16.1. The summed E-state index contributed by atoms with van der Waals surface area (Å²) in [6.07, 6.45) is 9.20. The lowest BCUT2D eigenvalue weighted by atomic mass is 9.96. The first-order chi connectivity index (χ1) is 12.8. The maximum Gasteiger partial charge on any atom is 0.151 e. The average molecular weight is 350 g/mol. The molecule has 1 aliphatic heterocycles. The molecule has 0 radical (unpaired) electrons. The van der Waals surface area contributed by atoms with Gasteiger partial charge in [-0.15, -0.1) is 5.10 Å². The molecule has 136 valence electrons. The number of hydrogen-bond donors (Lipinski definition) is 0. The highest BCUT2D eigenvalue weighted by Crippen LogP contribution is 2.37. The summed E-state index contributed by atoms with van der Waals surface area (Å²) in [4.78, 5) is 13.9. The Balaban J connectivity index is 1.19. The third-order valence-electron chi connectivity index (χ3n) is 5.95. The van der Waals surface area contributed by atoms with Crippen LogP contribution in [-0.4, -0.2) is 51.2 Å². The minimum atomic E-state index is 0.548. The standard InChI is InChI=1S/C20H26N6/c1-25(11-16-8-9-21-20(22-16)14-6-7-14)17-12-26(13-17)19-10-15-4-2-3-5-18(15)23-24-19/h8-10,14,17H,2-7,11-13H2,1H3. The molecule has 6 nitrogen and oxygen atoms in total. The van der Waals surface area contributed by atoms with Gasteiger partial charge in [0.15, 0.2) is 5.82 Å². The SMILES string of the molecule is CN(Cc1ccnc(C2CC2)n1)C1CN(c2cc3c(nn2)CCCC3)C1. The Kier molecular flexibility index (Phi) is 4.08. The number of aryl methyl sites for hydroxylation is 2. The van der Waals surface area contributed by atoms with Gasteiger partial charge in [-0.05, 0) is 63.3 Å². The summed E-state index contributed by atoms with van der Waals surface area (Å²) in [6.45, 7) is 2.92. The highest BCUT2D eigenvalue weighted by atomic mass is 15.4. The molecule has 2 aromatic heterocycles. The second-order valence-corrected chi connectivity index (χ2v) is 8.04. The zero-order valence-electron chi connectivity index (χ0n) is 15.4. The first-order valence-electron chi connectivity index (χ1n) is 9.89. The van der Waals surface area contributed by atoms with Gasteiger partial charge >= 0.3 is 0 Å². The second kappa shape index (κ2) is 6.58. The van der Waals surface area contributed by atoms with Gasteiger partial charge in [0.25, 0.3) is 0 Å². The smallest absolute Gasteiger partial charge is 0.151 e. The minimum absolute atomic E-state index is 0.548. The van der Waals surface area contributed by atoms with Gasteiger partial charge in [-0.25, -0.2) is 9.97 Å². The Labute approximate surface area is 154 Å². The predicted molar refractivity (Wildman–Crippen MR) is 100 cm³/mol. The molecular formula is C20H26N6. The molecule has 0 N–H and O–H groups in total. The Morgan fingerprint density at radius 3 is 2.85 bits per heavy atom. The summed E-state index contributed by atoms with van der Waals surface area (Å²) in [5.74, 6) is 2.70. The maximum absolute atomic E-state index is 4.75. The predicted octanol–water partition coefficient (Wildman–Crippen LogP) is 2.34. The van der Waals surface area contributed by atoms with Crippen LogP contribution < -0.4 is 4.90 Å². The summed E-state index contributed by atoms with van der Waals surface area (Å²) in [5.41, 5.74) is 3.76. The molecule has 3 aliphatic rings. The van der Waals surface area contributed by atoms with E-state index < -0.39 is 0 Å². The highest BCUT2D eigenvalue weighted by molar-refractivity contribution is 5.45. The molecule has 6 heteroatoms. The molecule has 2 aromatic rings. The second-order valence-electron chi connectivity index (χ2n) is 8.04. The van der Waals surface area contributed by atoms with E-state index in [4.69, 9.17) is 4.98 Å². The zero-order valence-corrected chi connectivity index (χ0v) is 15.4. The lowest BCUT2D eigenvalue weighted by Gasteiger charge is -2.44. The highest BCUT2D eigenvalue weighted by Gasteiger charge is 2.32. The van der Waals surface area contributed by atoms with Crippen LogP contribution in [0.3, 0.4) is 0 Å². The molecule has 1 saturated heterocycles. The van der Waals surface area contributed by atoms with Crippen molar-refractivity contribution in [3.8, 4) is 0 Å². The minimum Gasteiger partial charge on any atom is -0.352 e. The third-order valence-corrected chi connectivity index (χ3v) is 5.95. The monoisotopic (exact) mass is 350 g/mol. The lowest BCUT2D eigenvalue weighted by Crippen LogP contribution is -2.58. The summed E-state index contributed by atoms with van der Waals surface area (Å²) >= 11 is 0. The number of aromatic nitrogens is 4. The van der Waals surface area contributed by atoms with Gasteiger partial charge in [-0.1, -0.05) is 0 Å². The molecule has 0 atom stereocenters. The summed E-state index contributed by atoms with van der Waals surface area (Å²) < 4.78 is 0. The largest absolute Gasteiger partial charge is 0.352 e. The van der Waals surface area contributed by atoms with Gasteiger partial charge in [0, 0.05) is 37.8 Å². The van der Waals surface area contributed by atoms with Crippen LogP contribution in [0.15, 0.2) is 18.3 Å². The average Bonchev–Trinajstić information content (AvgIpc) is 3.46. The van der Waals surface area contributed by atoms with E-state index in [2.05, 4.69) is 38.1 Å². The first-order valence-corrected chi connectivity index (χ1v) is 9.89. The fraction of sp³-hybridized carbons (Fsp3) is 0.600. The molecule has 0 aromatic carbocycles. The van der Waals surface area contributed by atoms with Crippen molar-refractivity contribution in [3.63, 3.8) is 0 Å². The van der Waals surface area contributed by atoms with Crippen molar-refractivity contribution >= 4 is 5.82 Å². The van der Waals surface area contributed by atoms with Crippen LogP contribution in [0.2, 0.25) is 0 Å². The molecule has 5 rings (SSSR count). The molecule has 2 fully saturated rings. The Morgan fingerprint density at radius 1 is 1.15 bits per heavy atom.